The fraction of sp³-hybridized carbons (Fsp3) is 0.571. The molecule has 0 unspecified atom stereocenters. The molecule has 0 aliphatic heterocycles. The van der Waals surface area contributed by atoms with Gasteiger partial charge in [-0.3, -0.25) is 0 Å². The van der Waals surface area contributed by atoms with Gasteiger partial charge in [-0.2, -0.15) is 0 Å². The van der Waals surface area contributed by atoms with E-state index in [0.29, 0.717) is 0 Å². The van der Waals surface area contributed by atoms with E-state index in [9.17, 15) is 0 Å². The average Bonchev–Trinajstić information content (AvgIpc) is 2.50. The Morgan fingerprint density at radius 2 is 1.43 bits per heavy atom. The Kier molecular flexibility index (Phi) is 8.87. The minimum absolute atomic E-state index is 1.20. The van der Waals surface area contributed by atoms with Gasteiger partial charge in [0.25, 0.3) is 0 Å². The lowest BCUT2D eigenvalue weighted by molar-refractivity contribution is 0.734. The zero-order valence-corrected chi connectivity index (χ0v) is 14.3. The highest BCUT2D eigenvalue weighted by Crippen LogP contribution is 2.26. The topological polar surface area (TPSA) is 0 Å². The second kappa shape index (κ2) is 10.5. The summed E-state index contributed by atoms with van der Waals surface area (Å²) in [6.07, 6.45) is 13.4. The summed E-state index contributed by atoms with van der Waals surface area (Å²) in [6.45, 7) is 10.6. The Labute approximate surface area is 132 Å². The molecule has 0 nitrogen and oxygen atoms in total. The molecular weight excluding hydrogens is 252 g/mol. The second-order valence-corrected chi connectivity index (χ2v) is 5.93. The molecule has 0 fully saturated rings. The van der Waals surface area contributed by atoms with Crippen molar-refractivity contribution in [2.75, 3.05) is 0 Å². The first kappa shape index (κ1) is 17.8. The second-order valence-electron chi connectivity index (χ2n) is 5.93. The molecule has 0 heteroatoms. The SMILES string of the molecule is C=C=Cc1ccc(CCCC)c(CCCC)c1CCCC. The van der Waals surface area contributed by atoms with Gasteiger partial charge in [0, 0.05) is 0 Å². The van der Waals surface area contributed by atoms with Crippen LogP contribution in [0.1, 0.15) is 81.5 Å². The van der Waals surface area contributed by atoms with Crippen LogP contribution >= 0.6 is 0 Å². The van der Waals surface area contributed by atoms with Crippen LogP contribution in [0.3, 0.4) is 0 Å². The Hall–Kier alpha value is -1.26. The van der Waals surface area contributed by atoms with E-state index in [1.807, 2.05) is 0 Å². The number of rotatable bonds is 10. The van der Waals surface area contributed by atoms with Crippen LogP contribution < -0.4 is 0 Å². The average molecular weight is 284 g/mol. The minimum Gasteiger partial charge on any atom is -0.128 e. The molecule has 0 atom stereocenters. The molecule has 116 valence electrons. The van der Waals surface area contributed by atoms with Crippen LogP contribution in [0, 0.1) is 0 Å². The van der Waals surface area contributed by atoms with Crippen molar-refractivity contribution in [1.82, 2.24) is 0 Å². The first-order valence-corrected chi connectivity index (χ1v) is 8.77. The molecule has 0 aliphatic carbocycles. The van der Waals surface area contributed by atoms with Crippen molar-refractivity contribution in [3.05, 3.63) is 46.7 Å². The van der Waals surface area contributed by atoms with E-state index in [-0.39, 0.29) is 0 Å². The minimum atomic E-state index is 1.20. The molecule has 0 amide bonds. The van der Waals surface area contributed by atoms with Crippen molar-refractivity contribution in [2.45, 2.75) is 78.6 Å². The predicted octanol–water partition coefficient (Wildman–Crippen LogP) is 6.51. The maximum atomic E-state index is 3.76. The quantitative estimate of drug-likeness (QED) is 0.429. The van der Waals surface area contributed by atoms with Crippen molar-refractivity contribution in [3.8, 4) is 0 Å². The van der Waals surface area contributed by atoms with Crippen molar-refractivity contribution in [1.29, 1.82) is 0 Å². The summed E-state index contributed by atoms with van der Waals surface area (Å²) in [5, 5.41) is 0. The highest BCUT2D eigenvalue weighted by molar-refractivity contribution is 5.57. The smallest absolute Gasteiger partial charge is 0.0131 e. The fourth-order valence-electron chi connectivity index (χ4n) is 2.92. The number of unbranched alkanes of at least 4 members (excludes halogenated alkanes) is 3. The van der Waals surface area contributed by atoms with Crippen molar-refractivity contribution in [3.63, 3.8) is 0 Å². The van der Waals surface area contributed by atoms with Gasteiger partial charge in [-0.05, 0) is 66.9 Å². The van der Waals surface area contributed by atoms with E-state index < -0.39 is 0 Å². The summed E-state index contributed by atoms with van der Waals surface area (Å²) in [5.41, 5.74) is 9.08. The molecule has 0 aromatic heterocycles. The number of hydrogen-bond donors (Lipinski definition) is 0. The van der Waals surface area contributed by atoms with Crippen molar-refractivity contribution in [2.24, 2.45) is 0 Å². The molecule has 0 spiro atoms. The molecule has 0 bridgehead atoms. The summed E-state index contributed by atoms with van der Waals surface area (Å²) < 4.78 is 0. The molecule has 0 saturated carbocycles. The van der Waals surface area contributed by atoms with E-state index in [2.05, 4.69) is 51.3 Å². The number of hydrogen-bond acceptors (Lipinski definition) is 0. The van der Waals surface area contributed by atoms with Crippen LogP contribution in [-0.4, -0.2) is 0 Å². The van der Waals surface area contributed by atoms with Gasteiger partial charge in [0.15, 0.2) is 0 Å². The molecule has 1 rings (SSSR count). The van der Waals surface area contributed by atoms with E-state index in [4.69, 9.17) is 0 Å². The Morgan fingerprint density at radius 1 is 0.857 bits per heavy atom. The Balaban J connectivity index is 3.21. The third-order valence-corrected chi connectivity index (χ3v) is 4.18. The van der Waals surface area contributed by atoms with Gasteiger partial charge >= 0.3 is 0 Å². The van der Waals surface area contributed by atoms with Crippen LogP contribution in [0.4, 0.5) is 0 Å². The Morgan fingerprint density at radius 3 is 2.00 bits per heavy atom. The van der Waals surface area contributed by atoms with Crippen LogP contribution in [0.5, 0.6) is 0 Å². The van der Waals surface area contributed by atoms with Crippen LogP contribution in [-0.2, 0) is 19.3 Å². The molecule has 0 saturated heterocycles. The first-order chi connectivity index (χ1) is 10.3. The maximum Gasteiger partial charge on any atom is -0.0131 e. The maximum absolute atomic E-state index is 3.76. The summed E-state index contributed by atoms with van der Waals surface area (Å²) in [6, 6.07) is 4.63. The van der Waals surface area contributed by atoms with Gasteiger partial charge in [0.05, 0.1) is 0 Å². The van der Waals surface area contributed by atoms with Crippen molar-refractivity contribution >= 4 is 6.08 Å². The lowest BCUT2D eigenvalue weighted by Gasteiger charge is -2.17. The fourth-order valence-corrected chi connectivity index (χ4v) is 2.92. The lowest BCUT2D eigenvalue weighted by Crippen LogP contribution is -2.04. The molecule has 21 heavy (non-hydrogen) atoms. The molecule has 0 radical (unpaired) electrons. The normalized spacial score (nSPS) is 10.4. The number of aryl methyl sites for hydroxylation is 1. The third kappa shape index (κ3) is 5.56. The van der Waals surface area contributed by atoms with Crippen LogP contribution in [0.15, 0.2) is 24.4 Å². The molecule has 0 aliphatic rings. The lowest BCUT2D eigenvalue weighted by atomic mass is 9.87. The zero-order valence-electron chi connectivity index (χ0n) is 14.3. The van der Waals surface area contributed by atoms with Gasteiger partial charge in [-0.15, -0.1) is 5.73 Å². The zero-order chi connectivity index (χ0) is 15.5. The number of benzene rings is 1. The standard InChI is InChI=1S/C21H32/c1-5-9-13-19-17-16-18(12-8-4)20(14-10-6-2)21(19)15-11-7-3/h12,16-17H,4-7,9-11,13-15H2,1-3H3. The Bertz CT molecular complexity index is 461. The van der Waals surface area contributed by atoms with E-state index >= 15 is 0 Å². The first-order valence-electron chi connectivity index (χ1n) is 8.77. The van der Waals surface area contributed by atoms with Gasteiger partial charge in [-0.1, -0.05) is 58.7 Å². The molecule has 1 aromatic carbocycles. The van der Waals surface area contributed by atoms with Gasteiger partial charge in [0.1, 0.15) is 0 Å². The van der Waals surface area contributed by atoms with E-state index in [0.717, 1.165) is 0 Å². The highest BCUT2D eigenvalue weighted by atomic mass is 14.2. The molecule has 0 N–H and O–H groups in total. The van der Waals surface area contributed by atoms with Crippen LogP contribution in [0.2, 0.25) is 0 Å². The molecule has 1 aromatic rings. The highest BCUT2D eigenvalue weighted by Gasteiger charge is 2.11. The van der Waals surface area contributed by atoms with Crippen molar-refractivity contribution < 1.29 is 0 Å². The predicted molar refractivity (Wildman–Crippen MR) is 95.9 cm³/mol. The summed E-state index contributed by atoms with van der Waals surface area (Å²) >= 11 is 0. The summed E-state index contributed by atoms with van der Waals surface area (Å²) in [4.78, 5) is 0. The van der Waals surface area contributed by atoms with E-state index in [1.54, 1.807) is 16.7 Å². The van der Waals surface area contributed by atoms with Crippen LogP contribution in [0.25, 0.3) is 6.08 Å². The van der Waals surface area contributed by atoms with Gasteiger partial charge < -0.3 is 0 Å². The molecule has 0 heterocycles. The molecular formula is C21H32. The van der Waals surface area contributed by atoms with E-state index in [1.165, 1.54) is 63.4 Å². The largest absolute Gasteiger partial charge is 0.128 e. The third-order valence-electron chi connectivity index (χ3n) is 4.18. The van der Waals surface area contributed by atoms with Gasteiger partial charge in [-0.25, -0.2) is 0 Å². The summed E-state index contributed by atoms with van der Waals surface area (Å²) in [7, 11) is 0. The monoisotopic (exact) mass is 284 g/mol. The van der Waals surface area contributed by atoms with Gasteiger partial charge in [0.2, 0.25) is 0 Å². The summed E-state index contributed by atoms with van der Waals surface area (Å²) in [5.74, 6) is 0.